The standard InChI is InChI=1S/C22H26O6/c1-14(2)12-18(27-16(4)23)13-15(3)10-11-26-19-8-6-17-7-9-20(24)28-21(17)22(19)25-5/h6-10,12,18H,11,13H2,1-5H3/b15-10+/t18-/m1/s1. The SMILES string of the molecule is COc1c(OC/C=C(\C)C[C@@H](C=C(C)C)OC(C)=O)ccc2ccc(=O)oc12. The van der Waals surface area contributed by atoms with E-state index in [1.54, 1.807) is 18.2 Å². The Balaban J connectivity index is 2.11. The molecule has 0 saturated carbocycles. The molecule has 28 heavy (non-hydrogen) atoms. The summed E-state index contributed by atoms with van der Waals surface area (Å²) in [6.07, 6.45) is 4.12. The van der Waals surface area contributed by atoms with Crippen LogP contribution in [0.2, 0.25) is 0 Å². The van der Waals surface area contributed by atoms with Gasteiger partial charge in [0.15, 0.2) is 11.3 Å². The van der Waals surface area contributed by atoms with Gasteiger partial charge in [-0.2, -0.15) is 0 Å². The van der Waals surface area contributed by atoms with E-state index in [2.05, 4.69) is 0 Å². The number of ether oxygens (including phenoxy) is 3. The number of carbonyl (C=O) groups excluding carboxylic acids is 1. The summed E-state index contributed by atoms with van der Waals surface area (Å²) >= 11 is 0. The van der Waals surface area contributed by atoms with Crippen molar-refractivity contribution in [2.24, 2.45) is 0 Å². The van der Waals surface area contributed by atoms with Crippen molar-refractivity contribution in [3.05, 3.63) is 58.0 Å². The molecule has 0 aliphatic rings. The fourth-order valence-electron chi connectivity index (χ4n) is 2.79. The highest BCUT2D eigenvalue weighted by Crippen LogP contribution is 2.34. The third-order valence-electron chi connectivity index (χ3n) is 3.94. The van der Waals surface area contributed by atoms with E-state index in [0.29, 0.717) is 30.1 Å². The van der Waals surface area contributed by atoms with Gasteiger partial charge in [-0.05, 0) is 51.1 Å². The van der Waals surface area contributed by atoms with Crippen LogP contribution in [-0.4, -0.2) is 25.8 Å². The molecule has 6 nitrogen and oxygen atoms in total. The van der Waals surface area contributed by atoms with E-state index in [-0.39, 0.29) is 12.1 Å². The fraction of sp³-hybridized carbons (Fsp3) is 0.364. The molecule has 0 radical (unpaired) electrons. The zero-order valence-corrected chi connectivity index (χ0v) is 16.9. The molecule has 1 aromatic carbocycles. The summed E-state index contributed by atoms with van der Waals surface area (Å²) in [5.41, 5.74) is 2.01. The van der Waals surface area contributed by atoms with Crippen molar-refractivity contribution < 1.29 is 23.4 Å². The van der Waals surface area contributed by atoms with Crippen LogP contribution in [-0.2, 0) is 9.53 Å². The van der Waals surface area contributed by atoms with Gasteiger partial charge in [0.05, 0.1) is 7.11 Å². The highest BCUT2D eigenvalue weighted by Gasteiger charge is 2.13. The number of rotatable bonds is 8. The first kappa shape index (κ1) is 21.3. The van der Waals surface area contributed by atoms with Gasteiger partial charge in [-0.3, -0.25) is 4.79 Å². The average Bonchev–Trinajstić information content (AvgIpc) is 2.60. The van der Waals surface area contributed by atoms with Crippen LogP contribution in [0.25, 0.3) is 11.0 Å². The minimum Gasteiger partial charge on any atom is -0.490 e. The summed E-state index contributed by atoms with van der Waals surface area (Å²) in [5, 5.41) is 0.751. The maximum atomic E-state index is 11.5. The second kappa shape index (κ2) is 9.78. The number of hydrogen-bond donors (Lipinski definition) is 0. The van der Waals surface area contributed by atoms with Gasteiger partial charge < -0.3 is 18.6 Å². The van der Waals surface area contributed by atoms with E-state index >= 15 is 0 Å². The summed E-state index contributed by atoms with van der Waals surface area (Å²) < 4.78 is 21.8. The molecule has 0 N–H and O–H groups in total. The molecule has 0 spiro atoms. The molecule has 1 aromatic heterocycles. The molecule has 0 aliphatic heterocycles. The summed E-state index contributed by atoms with van der Waals surface area (Å²) in [4.78, 5) is 22.8. The predicted octanol–water partition coefficient (Wildman–Crippen LogP) is 4.41. The lowest BCUT2D eigenvalue weighted by molar-refractivity contribution is -0.144. The number of methoxy groups -OCH3 is 1. The van der Waals surface area contributed by atoms with Crippen LogP contribution in [0.5, 0.6) is 11.5 Å². The number of esters is 1. The predicted molar refractivity (Wildman–Crippen MR) is 108 cm³/mol. The van der Waals surface area contributed by atoms with Gasteiger partial charge in [0, 0.05) is 24.8 Å². The fourth-order valence-corrected chi connectivity index (χ4v) is 2.79. The lowest BCUT2D eigenvalue weighted by Crippen LogP contribution is -2.14. The molecule has 0 saturated heterocycles. The molecule has 2 aromatic rings. The smallest absolute Gasteiger partial charge is 0.336 e. The Hall–Kier alpha value is -3.02. The van der Waals surface area contributed by atoms with Gasteiger partial charge >= 0.3 is 11.6 Å². The van der Waals surface area contributed by atoms with Crippen LogP contribution in [0.4, 0.5) is 0 Å². The van der Waals surface area contributed by atoms with E-state index in [1.807, 2.05) is 32.9 Å². The van der Waals surface area contributed by atoms with E-state index < -0.39 is 5.63 Å². The lowest BCUT2D eigenvalue weighted by atomic mass is 10.1. The van der Waals surface area contributed by atoms with Gasteiger partial charge in [-0.15, -0.1) is 0 Å². The molecule has 0 fully saturated rings. The van der Waals surface area contributed by atoms with Crippen molar-refractivity contribution >= 4 is 16.9 Å². The van der Waals surface area contributed by atoms with Crippen molar-refractivity contribution in [2.45, 2.75) is 40.2 Å². The molecule has 1 heterocycles. The Morgan fingerprint density at radius 3 is 2.50 bits per heavy atom. The van der Waals surface area contributed by atoms with Crippen molar-refractivity contribution in [1.82, 2.24) is 0 Å². The quantitative estimate of drug-likeness (QED) is 0.380. The monoisotopic (exact) mass is 386 g/mol. The van der Waals surface area contributed by atoms with Crippen LogP contribution >= 0.6 is 0 Å². The number of hydrogen-bond acceptors (Lipinski definition) is 6. The van der Waals surface area contributed by atoms with Crippen molar-refractivity contribution in [1.29, 1.82) is 0 Å². The van der Waals surface area contributed by atoms with Crippen molar-refractivity contribution in [3.8, 4) is 11.5 Å². The third-order valence-corrected chi connectivity index (χ3v) is 3.94. The summed E-state index contributed by atoms with van der Waals surface area (Å²) in [7, 11) is 1.50. The van der Waals surface area contributed by atoms with Gasteiger partial charge in [0.2, 0.25) is 5.75 Å². The Bertz CT molecular complexity index is 947. The van der Waals surface area contributed by atoms with E-state index in [0.717, 1.165) is 16.5 Å². The summed E-state index contributed by atoms with van der Waals surface area (Å²) in [5.74, 6) is 0.548. The van der Waals surface area contributed by atoms with Gasteiger partial charge in [0.25, 0.3) is 0 Å². The molecular weight excluding hydrogens is 360 g/mol. The second-order valence-electron chi connectivity index (χ2n) is 6.73. The largest absolute Gasteiger partial charge is 0.490 e. The Kier molecular flexibility index (Phi) is 7.44. The average molecular weight is 386 g/mol. The zero-order chi connectivity index (χ0) is 20.7. The zero-order valence-electron chi connectivity index (χ0n) is 16.9. The molecule has 0 amide bonds. The molecular formula is C22H26O6. The molecule has 150 valence electrons. The van der Waals surface area contributed by atoms with Crippen molar-refractivity contribution in [3.63, 3.8) is 0 Å². The molecule has 0 unspecified atom stereocenters. The van der Waals surface area contributed by atoms with Crippen LogP contribution < -0.4 is 15.1 Å². The maximum Gasteiger partial charge on any atom is 0.336 e. The van der Waals surface area contributed by atoms with Crippen LogP contribution in [0, 0.1) is 0 Å². The van der Waals surface area contributed by atoms with Crippen molar-refractivity contribution in [2.75, 3.05) is 13.7 Å². The Labute approximate surface area is 164 Å². The van der Waals surface area contributed by atoms with Crippen LogP contribution in [0.1, 0.15) is 34.1 Å². The normalized spacial score (nSPS) is 12.4. The maximum absolute atomic E-state index is 11.5. The summed E-state index contributed by atoms with van der Waals surface area (Å²) in [6, 6.07) is 6.61. The highest BCUT2D eigenvalue weighted by molar-refractivity contribution is 5.85. The number of benzene rings is 1. The lowest BCUT2D eigenvalue weighted by Gasteiger charge is -2.15. The first-order chi connectivity index (χ1) is 13.3. The van der Waals surface area contributed by atoms with Gasteiger partial charge in [-0.1, -0.05) is 11.1 Å². The Morgan fingerprint density at radius 1 is 1.14 bits per heavy atom. The first-order valence-electron chi connectivity index (χ1n) is 9.01. The highest BCUT2D eigenvalue weighted by atomic mass is 16.5. The first-order valence-corrected chi connectivity index (χ1v) is 9.01. The minimum atomic E-state index is -0.450. The minimum absolute atomic E-state index is 0.298. The molecule has 0 aliphatic carbocycles. The number of fused-ring (bicyclic) bond motifs is 1. The molecule has 2 rings (SSSR count). The molecule has 6 heteroatoms. The topological polar surface area (TPSA) is 75.0 Å². The number of carbonyl (C=O) groups is 1. The van der Waals surface area contributed by atoms with E-state index in [1.165, 1.54) is 20.1 Å². The van der Waals surface area contributed by atoms with Crippen LogP contribution in [0.15, 0.2) is 56.8 Å². The van der Waals surface area contributed by atoms with Crippen LogP contribution in [0.3, 0.4) is 0 Å². The summed E-state index contributed by atoms with van der Waals surface area (Å²) in [6.45, 7) is 7.58. The van der Waals surface area contributed by atoms with E-state index in [4.69, 9.17) is 18.6 Å². The Morgan fingerprint density at radius 2 is 1.86 bits per heavy atom. The van der Waals surface area contributed by atoms with Gasteiger partial charge in [-0.25, -0.2) is 4.79 Å². The second-order valence-corrected chi connectivity index (χ2v) is 6.73. The molecule has 1 atom stereocenters. The number of allylic oxidation sites excluding steroid dienone is 1. The molecule has 0 bridgehead atoms. The van der Waals surface area contributed by atoms with E-state index in [9.17, 15) is 9.59 Å². The van der Waals surface area contributed by atoms with Gasteiger partial charge in [0.1, 0.15) is 12.7 Å². The third kappa shape index (κ3) is 6.01.